The van der Waals surface area contributed by atoms with Gasteiger partial charge in [0.15, 0.2) is 5.78 Å². The van der Waals surface area contributed by atoms with Gasteiger partial charge in [-0.1, -0.05) is 0 Å². The third-order valence-electron chi connectivity index (χ3n) is 1.98. The highest BCUT2D eigenvalue weighted by Crippen LogP contribution is 2.12. The summed E-state index contributed by atoms with van der Waals surface area (Å²) >= 11 is 0. The molecule has 0 heterocycles. The van der Waals surface area contributed by atoms with Crippen molar-refractivity contribution in [2.75, 3.05) is 0 Å². The van der Waals surface area contributed by atoms with Gasteiger partial charge in [-0.05, 0) is 30.7 Å². The Morgan fingerprint density at radius 2 is 1.67 bits per heavy atom. The number of carbonyl (C=O) groups excluding carboxylic acids is 1. The second-order valence-corrected chi connectivity index (χ2v) is 3.22. The lowest BCUT2D eigenvalue weighted by atomic mass is 10.1. The fraction of sp³-hybridized carbons (Fsp3) is 0.273. The maximum atomic E-state index is 11.5. The van der Waals surface area contributed by atoms with E-state index >= 15 is 0 Å². The zero-order chi connectivity index (χ0) is 11.3. The standard InChI is InChI=1S/C11H12O4/c12-9-6-4-8(5-7-9)10(13)2-1-3-11(14)15/h4-7,12H,1-3H2,(H,14,15). The van der Waals surface area contributed by atoms with Crippen molar-refractivity contribution in [3.63, 3.8) is 0 Å². The second kappa shape index (κ2) is 5.14. The molecule has 0 unspecified atom stereocenters. The monoisotopic (exact) mass is 208 g/mol. The Morgan fingerprint density at radius 1 is 1.07 bits per heavy atom. The molecule has 2 N–H and O–H groups in total. The van der Waals surface area contributed by atoms with Gasteiger partial charge in [0.25, 0.3) is 0 Å². The van der Waals surface area contributed by atoms with Gasteiger partial charge >= 0.3 is 5.97 Å². The molecule has 0 saturated heterocycles. The highest BCUT2D eigenvalue weighted by atomic mass is 16.4. The minimum Gasteiger partial charge on any atom is -0.508 e. The van der Waals surface area contributed by atoms with Crippen molar-refractivity contribution < 1.29 is 19.8 Å². The molecule has 0 aromatic heterocycles. The van der Waals surface area contributed by atoms with Crippen LogP contribution in [0.5, 0.6) is 5.75 Å². The fourth-order valence-electron chi connectivity index (χ4n) is 1.19. The number of carbonyl (C=O) groups is 2. The van der Waals surface area contributed by atoms with Crippen LogP contribution in [0.15, 0.2) is 24.3 Å². The molecule has 0 fully saturated rings. The summed E-state index contributed by atoms with van der Waals surface area (Å²) in [4.78, 5) is 21.7. The highest BCUT2D eigenvalue weighted by molar-refractivity contribution is 5.96. The van der Waals surface area contributed by atoms with Gasteiger partial charge in [0, 0.05) is 18.4 Å². The number of hydrogen-bond acceptors (Lipinski definition) is 3. The van der Waals surface area contributed by atoms with E-state index < -0.39 is 5.97 Å². The summed E-state index contributed by atoms with van der Waals surface area (Å²) in [7, 11) is 0. The highest BCUT2D eigenvalue weighted by Gasteiger charge is 2.06. The maximum absolute atomic E-state index is 11.5. The summed E-state index contributed by atoms with van der Waals surface area (Å²) in [5, 5.41) is 17.4. The van der Waals surface area contributed by atoms with Crippen LogP contribution in [-0.4, -0.2) is 22.0 Å². The Hall–Kier alpha value is -1.84. The van der Waals surface area contributed by atoms with Crippen molar-refractivity contribution in [2.45, 2.75) is 19.3 Å². The van der Waals surface area contributed by atoms with Crippen LogP contribution in [0.2, 0.25) is 0 Å². The number of phenols is 1. The number of benzene rings is 1. The number of carboxylic acid groups (broad SMARTS) is 1. The molecule has 0 bridgehead atoms. The third kappa shape index (κ3) is 3.81. The largest absolute Gasteiger partial charge is 0.508 e. The summed E-state index contributed by atoms with van der Waals surface area (Å²) < 4.78 is 0. The van der Waals surface area contributed by atoms with Crippen LogP contribution in [-0.2, 0) is 4.79 Å². The molecule has 0 atom stereocenters. The molecule has 0 aliphatic heterocycles. The van der Waals surface area contributed by atoms with Gasteiger partial charge in [-0.15, -0.1) is 0 Å². The molecule has 0 radical (unpaired) electrons. The van der Waals surface area contributed by atoms with Crippen LogP contribution in [0.1, 0.15) is 29.6 Å². The zero-order valence-electron chi connectivity index (χ0n) is 8.14. The van der Waals surface area contributed by atoms with Gasteiger partial charge in [0.2, 0.25) is 0 Å². The Kier molecular flexibility index (Phi) is 3.85. The number of Topliss-reactive ketones (excluding diaryl/α,β-unsaturated/α-hetero) is 1. The molecule has 0 amide bonds. The average Bonchev–Trinajstić information content (AvgIpc) is 2.18. The first kappa shape index (κ1) is 11.2. The van der Waals surface area contributed by atoms with Crippen LogP contribution in [0.25, 0.3) is 0 Å². The molecule has 15 heavy (non-hydrogen) atoms. The first-order valence-corrected chi connectivity index (χ1v) is 4.63. The zero-order valence-corrected chi connectivity index (χ0v) is 8.14. The minimum absolute atomic E-state index is 0.00379. The smallest absolute Gasteiger partial charge is 0.303 e. The van der Waals surface area contributed by atoms with Gasteiger partial charge < -0.3 is 10.2 Å². The maximum Gasteiger partial charge on any atom is 0.303 e. The van der Waals surface area contributed by atoms with E-state index in [9.17, 15) is 9.59 Å². The van der Waals surface area contributed by atoms with E-state index in [1.807, 2.05) is 0 Å². The molecular formula is C11H12O4. The predicted octanol–water partition coefficient (Wildman–Crippen LogP) is 1.83. The molecule has 4 nitrogen and oxygen atoms in total. The molecule has 0 spiro atoms. The summed E-state index contributed by atoms with van der Waals surface area (Å²) in [6, 6.07) is 5.92. The van der Waals surface area contributed by atoms with Crippen LogP contribution < -0.4 is 0 Å². The number of rotatable bonds is 5. The predicted molar refractivity (Wildman–Crippen MR) is 53.9 cm³/mol. The van der Waals surface area contributed by atoms with Gasteiger partial charge in [-0.3, -0.25) is 9.59 Å². The lowest BCUT2D eigenvalue weighted by molar-refractivity contribution is -0.137. The molecule has 1 aromatic carbocycles. The van der Waals surface area contributed by atoms with E-state index in [1.165, 1.54) is 24.3 Å². The number of hydrogen-bond donors (Lipinski definition) is 2. The first-order chi connectivity index (χ1) is 7.09. The molecule has 1 aromatic rings. The Bertz CT molecular complexity index is 353. The van der Waals surface area contributed by atoms with Crippen molar-refractivity contribution in [3.05, 3.63) is 29.8 Å². The molecule has 0 aliphatic rings. The van der Waals surface area contributed by atoms with Crippen molar-refractivity contribution in [1.82, 2.24) is 0 Å². The van der Waals surface area contributed by atoms with Crippen molar-refractivity contribution in [1.29, 1.82) is 0 Å². The molecule has 4 heteroatoms. The minimum atomic E-state index is -0.895. The van der Waals surface area contributed by atoms with Gasteiger partial charge in [0.1, 0.15) is 5.75 Å². The molecule has 0 saturated carbocycles. The van der Waals surface area contributed by atoms with Gasteiger partial charge in [-0.25, -0.2) is 0 Å². The SMILES string of the molecule is O=C(O)CCCC(=O)c1ccc(O)cc1. The van der Waals surface area contributed by atoms with E-state index in [0.29, 0.717) is 12.0 Å². The number of aromatic hydroxyl groups is 1. The van der Waals surface area contributed by atoms with Gasteiger partial charge in [-0.2, -0.15) is 0 Å². The number of phenolic OH excluding ortho intramolecular Hbond substituents is 1. The average molecular weight is 208 g/mol. The van der Waals surface area contributed by atoms with E-state index in [2.05, 4.69) is 0 Å². The molecule has 1 rings (SSSR count). The van der Waals surface area contributed by atoms with Crippen LogP contribution in [0.3, 0.4) is 0 Å². The second-order valence-electron chi connectivity index (χ2n) is 3.22. The summed E-state index contributed by atoms with van der Waals surface area (Å²) in [6.45, 7) is 0. The van der Waals surface area contributed by atoms with Crippen LogP contribution in [0.4, 0.5) is 0 Å². The fourth-order valence-corrected chi connectivity index (χ4v) is 1.19. The van der Waals surface area contributed by atoms with E-state index in [1.54, 1.807) is 0 Å². The first-order valence-electron chi connectivity index (χ1n) is 4.63. The Morgan fingerprint density at radius 3 is 2.20 bits per heavy atom. The number of ketones is 1. The van der Waals surface area contributed by atoms with Gasteiger partial charge in [0.05, 0.1) is 0 Å². The van der Waals surface area contributed by atoms with E-state index in [0.717, 1.165) is 0 Å². The lowest BCUT2D eigenvalue weighted by Gasteiger charge is -1.99. The van der Waals surface area contributed by atoms with E-state index in [4.69, 9.17) is 10.2 Å². The quantitative estimate of drug-likeness (QED) is 0.724. The number of aliphatic carboxylic acids is 1. The summed E-state index contributed by atoms with van der Waals surface area (Å²) in [6.07, 6.45) is 0.565. The number of carboxylic acids is 1. The molecule has 0 aliphatic carbocycles. The Labute approximate surface area is 87.2 Å². The third-order valence-corrected chi connectivity index (χ3v) is 1.98. The summed E-state index contributed by atoms with van der Waals surface area (Å²) in [5.41, 5.74) is 0.498. The van der Waals surface area contributed by atoms with Crippen molar-refractivity contribution in [3.8, 4) is 5.75 Å². The lowest BCUT2D eigenvalue weighted by Crippen LogP contribution is -2.01. The molecular weight excluding hydrogens is 196 g/mol. The van der Waals surface area contributed by atoms with Crippen LogP contribution in [0, 0.1) is 0 Å². The normalized spacial score (nSPS) is 9.87. The Balaban J connectivity index is 2.47. The topological polar surface area (TPSA) is 74.6 Å². The van der Waals surface area contributed by atoms with Crippen LogP contribution >= 0.6 is 0 Å². The molecule has 80 valence electrons. The summed E-state index contributed by atoms with van der Waals surface area (Å²) in [5.74, 6) is -0.887. The van der Waals surface area contributed by atoms with E-state index in [-0.39, 0.29) is 24.4 Å². The van der Waals surface area contributed by atoms with Crippen molar-refractivity contribution >= 4 is 11.8 Å². The van der Waals surface area contributed by atoms with Crippen molar-refractivity contribution in [2.24, 2.45) is 0 Å².